The van der Waals surface area contributed by atoms with Gasteiger partial charge in [0.1, 0.15) is 6.10 Å². The number of ether oxygens (including phenoxy) is 1. The van der Waals surface area contributed by atoms with Crippen molar-refractivity contribution in [1.29, 1.82) is 0 Å². The highest BCUT2D eigenvalue weighted by molar-refractivity contribution is 5.85. The number of amides is 1. The van der Waals surface area contributed by atoms with E-state index in [4.69, 9.17) is 4.74 Å². The van der Waals surface area contributed by atoms with E-state index >= 15 is 0 Å². The first-order chi connectivity index (χ1) is 12.1. The van der Waals surface area contributed by atoms with E-state index in [1.165, 1.54) is 32.1 Å². The van der Waals surface area contributed by atoms with E-state index in [1.54, 1.807) is 31.2 Å². The Labute approximate surface area is 149 Å². The van der Waals surface area contributed by atoms with Gasteiger partial charge >= 0.3 is 5.97 Å². The van der Waals surface area contributed by atoms with Crippen LogP contribution in [0.3, 0.4) is 0 Å². The van der Waals surface area contributed by atoms with Gasteiger partial charge in [0, 0.05) is 6.42 Å². The number of benzene rings is 1. The van der Waals surface area contributed by atoms with Crippen LogP contribution in [0, 0.1) is 5.92 Å². The Kier molecular flexibility index (Phi) is 7.92. The summed E-state index contributed by atoms with van der Waals surface area (Å²) >= 11 is 0. The quantitative estimate of drug-likeness (QED) is 0.709. The molecule has 0 aliphatic heterocycles. The van der Waals surface area contributed by atoms with Gasteiger partial charge in [-0.2, -0.15) is 0 Å². The minimum absolute atomic E-state index is 0.203. The van der Waals surface area contributed by atoms with E-state index in [0.717, 1.165) is 6.42 Å². The van der Waals surface area contributed by atoms with Crippen molar-refractivity contribution in [1.82, 2.24) is 5.32 Å². The summed E-state index contributed by atoms with van der Waals surface area (Å²) in [4.78, 5) is 24.5. The second-order valence-electron chi connectivity index (χ2n) is 6.70. The summed E-state index contributed by atoms with van der Waals surface area (Å²) < 4.78 is 5.03. The molecule has 1 aliphatic carbocycles. The van der Waals surface area contributed by atoms with Crippen molar-refractivity contribution in [2.75, 3.05) is 6.61 Å². The molecule has 0 spiro atoms. The maximum Gasteiger partial charge on any atom is 0.331 e. The summed E-state index contributed by atoms with van der Waals surface area (Å²) in [6, 6.07) is 7.77. The van der Waals surface area contributed by atoms with E-state index in [9.17, 15) is 14.7 Å². The number of hydrogen-bond donors (Lipinski definition) is 2. The highest BCUT2D eigenvalue weighted by Gasteiger charge is 2.31. The Morgan fingerprint density at radius 2 is 1.88 bits per heavy atom. The molecule has 2 atom stereocenters. The van der Waals surface area contributed by atoms with Gasteiger partial charge in [-0.25, -0.2) is 4.79 Å². The zero-order valence-electron chi connectivity index (χ0n) is 14.9. The first kappa shape index (κ1) is 19.4. The maximum absolute atomic E-state index is 12.3. The molecule has 2 rings (SSSR count). The normalized spacial score (nSPS) is 17.5. The Morgan fingerprint density at radius 1 is 1.20 bits per heavy atom. The van der Waals surface area contributed by atoms with Crippen molar-refractivity contribution in [3.8, 4) is 0 Å². The number of rotatable bonds is 8. The molecule has 0 heterocycles. The summed E-state index contributed by atoms with van der Waals surface area (Å²) in [7, 11) is 0. The fourth-order valence-corrected chi connectivity index (χ4v) is 3.40. The number of carbonyl (C=O) groups is 2. The number of nitrogens with one attached hydrogen (secondary N) is 1. The van der Waals surface area contributed by atoms with E-state index < -0.39 is 18.1 Å². The molecule has 0 saturated heterocycles. The molecule has 1 aliphatic rings. The predicted octanol–water partition coefficient (Wildman–Crippen LogP) is 3.13. The third-order valence-corrected chi connectivity index (χ3v) is 4.82. The van der Waals surface area contributed by atoms with Crippen LogP contribution in [0.2, 0.25) is 0 Å². The predicted molar refractivity (Wildman–Crippen MR) is 95.8 cm³/mol. The van der Waals surface area contributed by atoms with Crippen molar-refractivity contribution in [3.63, 3.8) is 0 Å². The number of esters is 1. The van der Waals surface area contributed by atoms with Gasteiger partial charge in [0.2, 0.25) is 5.91 Å². The summed E-state index contributed by atoms with van der Waals surface area (Å²) in [5.41, 5.74) is 0.577. The van der Waals surface area contributed by atoms with Gasteiger partial charge in [-0.15, -0.1) is 0 Å². The lowest BCUT2D eigenvalue weighted by atomic mass is 9.86. The molecule has 138 valence electrons. The van der Waals surface area contributed by atoms with Crippen molar-refractivity contribution >= 4 is 11.9 Å². The van der Waals surface area contributed by atoms with Crippen molar-refractivity contribution in [2.24, 2.45) is 5.92 Å². The van der Waals surface area contributed by atoms with Gasteiger partial charge in [-0.1, -0.05) is 62.4 Å². The van der Waals surface area contributed by atoms with Crippen molar-refractivity contribution in [2.45, 2.75) is 64.0 Å². The van der Waals surface area contributed by atoms with Crippen LogP contribution >= 0.6 is 0 Å². The third-order valence-electron chi connectivity index (χ3n) is 4.82. The highest BCUT2D eigenvalue weighted by atomic mass is 16.5. The van der Waals surface area contributed by atoms with Crippen LogP contribution in [0.1, 0.15) is 63.5 Å². The second-order valence-corrected chi connectivity index (χ2v) is 6.70. The van der Waals surface area contributed by atoms with Crippen LogP contribution in [-0.2, 0) is 14.3 Å². The Hall–Kier alpha value is -1.88. The smallest absolute Gasteiger partial charge is 0.331 e. The lowest BCUT2D eigenvalue weighted by molar-refractivity contribution is -0.151. The van der Waals surface area contributed by atoms with E-state index in [0.29, 0.717) is 17.9 Å². The van der Waals surface area contributed by atoms with Gasteiger partial charge < -0.3 is 15.2 Å². The summed E-state index contributed by atoms with van der Waals surface area (Å²) in [6.07, 6.45) is 6.22. The van der Waals surface area contributed by atoms with Crippen LogP contribution in [0.5, 0.6) is 0 Å². The summed E-state index contributed by atoms with van der Waals surface area (Å²) in [5.74, 6) is -0.219. The lowest BCUT2D eigenvalue weighted by Crippen LogP contribution is -2.46. The average molecular weight is 347 g/mol. The van der Waals surface area contributed by atoms with Gasteiger partial charge in [0.25, 0.3) is 0 Å². The third kappa shape index (κ3) is 6.16. The zero-order chi connectivity index (χ0) is 18.1. The fraction of sp³-hybridized carbons (Fsp3) is 0.600. The molecule has 1 amide bonds. The highest BCUT2D eigenvalue weighted by Crippen LogP contribution is 2.27. The molecule has 1 aromatic rings. The van der Waals surface area contributed by atoms with Crippen LogP contribution < -0.4 is 5.32 Å². The maximum atomic E-state index is 12.3. The number of carbonyl (C=O) groups excluding carboxylic acids is 2. The number of hydrogen-bond acceptors (Lipinski definition) is 4. The number of aliphatic hydroxyl groups excluding tert-OH is 1. The molecule has 2 N–H and O–H groups in total. The molecule has 0 bridgehead atoms. The number of aliphatic hydroxyl groups is 1. The van der Waals surface area contributed by atoms with E-state index in [1.807, 2.05) is 6.07 Å². The molecule has 0 radical (unpaired) electrons. The Balaban J connectivity index is 1.95. The Bertz CT molecular complexity index is 540. The van der Waals surface area contributed by atoms with E-state index in [-0.39, 0.29) is 12.5 Å². The molecule has 1 aromatic carbocycles. The molecule has 25 heavy (non-hydrogen) atoms. The summed E-state index contributed by atoms with van der Waals surface area (Å²) in [6.45, 7) is 1.91. The topological polar surface area (TPSA) is 75.6 Å². The Morgan fingerprint density at radius 3 is 2.52 bits per heavy atom. The standard InChI is InChI=1S/C20H29NO4/c1-2-25-20(24)18(19(23)16-11-7-4-8-12-16)21-17(22)14-13-15-9-5-3-6-10-15/h4,7-8,11-12,15,18-19,23H,2-3,5-6,9-10,13-14H2,1H3,(H,21,22). The summed E-state index contributed by atoms with van der Waals surface area (Å²) in [5, 5.41) is 13.2. The molecule has 0 aromatic heterocycles. The molecular weight excluding hydrogens is 318 g/mol. The first-order valence-corrected chi connectivity index (χ1v) is 9.30. The van der Waals surface area contributed by atoms with E-state index in [2.05, 4.69) is 5.32 Å². The van der Waals surface area contributed by atoms with Crippen LogP contribution in [0.4, 0.5) is 0 Å². The van der Waals surface area contributed by atoms with Gasteiger partial charge in [-0.3, -0.25) is 4.79 Å². The minimum Gasteiger partial charge on any atom is -0.464 e. The van der Waals surface area contributed by atoms with Gasteiger partial charge in [-0.05, 0) is 24.8 Å². The van der Waals surface area contributed by atoms with Crippen LogP contribution in [0.25, 0.3) is 0 Å². The molecular formula is C20H29NO4. The van der Waals surface area contributed by atoms with Crippen LogP contribution in [0.15, 0.2) is 30.3 Å². The molecule has 1 fully saturated rings. The first-order valence-electron chi connectivity index (χ1n) is 9.30. The monoisotopic (exact) mass is 347 g/mol. The molecule has 2 unspecified atom stereocenters. The minimum atomic E-state index is -1.13. The average Bonchev–Trinajstić information content (AvgIpc) is 2.65. The van der Waals surface area contributed by atoms with Crippen LogP contribution in [-0.4, -0.2) is 29.6 Å². The van der Waals surface area contributed by atoms with Gasteiger partial charge in [0.05, 0.1) is 6.61 Å². The van der Waals surface area contributed by atoms with Crippen molar-refractivity contribution in [3.05, 3.63) is 35.9 Å². The lowest BCUT2D eigenvalue weighted by Gasteiger charge is -2.24. The molecule has 5 heteroatoms. The van der Waals surface area contributed by atoms with Gasteiger partial charge in [0.15, 0.2) is 6.04 Å². The fourth-order valence-electron chi connectivity index (χ4n) is 3.40. The molecule has 1 saturated carbocycles. The largest absolute Gasteiger partial charge is 0.464 e. The second kappa shape index (κ2) is 10.2. The SMILES string of the molecule is CCOC(=O)C(NC(=O)CCC1CCCCC1)C(O)c1ccccc1. The molecule has 5 nitrogen and oxygen atoms in total. The zero-order valence-corrected chi connectivity index (χ0v) is 14.9. The van der Waals surface area contributed by atoms with Crippen molar-refractivity contribution < 1.29 is 19.4 Å².